The third kappa shape index (κ3) is 4.40. The summed E-state index contributed by atoms with van der Waals surface area (Å²) in [5.41, 5.74) is 7.24. The Balaban J connectivity index is 2.32. The molecule has 2 amide bonds. The predicted molar refractivity (Wildman–Crippen MR) is 104 cm³/mol. The Morgan fingerprint density at radius 1 is 1.27 bits per heavy atom. The number of amides is 2. The molecule has 1 heterocycles. The third-order valence-corrected chi connectivity index (χ3v) is 4.54. The van der Waals surface area contributed by atoms with Gasteiger partial charge in [0.1, 0.15) is 0 Å². The number of hydrogen-bond acceptors (Lipinski definition) is 4. The first-order valence-electron chi connectivity index (χ1n) is 9.01. The van der Waals surface area contributed by atoms with Crippen LogP contribution in [0.3, 0.4) is 0 Å². The summed E-state index contributed by atoms with van der Waals surface area (Å²) in [4.78, 5) is 13.4. The van der Waals surface area contributed by atoms with Gasteiger partial charge in [-0.05, 0) is 53.2 Å². The van der Waals surface area contributed by atoms with Crippen LogP contribution in [0.5, 0.6) is 5.88 Å². The number of aromatic nitrogens is 1. The van der Waals surface area contributed by atoms with Gasteiger partial charge < -0.3 is 15.4 Å². The molecule has 0 spiro atoms. The topological polar surface area (TPSA) is 96.2 Å². The van der Waals surface area contributed by atoms with Crippen molar-refractivity contribution < 1.29 is 9.90 Å². The minimum Gasteiger partial charge on any atom is -0.493 e. The van der Waals surface area contributed by atoms with Crippen molar-refractivity contribution in [3.05, 3.63) is 23.8 Å². The number of hydrogen-bond donors (Lipinski definition) is 2. The van der Waals surface area contributed by atoms with E-state index in [2.05, 4.69) is 42.8 Å². The summed E-state index contributed by atoms with van der Waals surface area (Å²) in [6.07, 6.45) is 0.883. The number of nitrogens with zero attached hydrogens (tertiary/aromatic N) is 4. The molecule has 0 unspecified atom stereocenters. The number of nitrogens with two attached hydrogens (primary N) is 1. The van der Waals surface area contributed by atoms with E-state index < -0.39 is 6.03 Å². The van der Waals surface area contributed by atoms with Crippen LogP contribution in [0.2, 0.25) is 0 Å². The number of primary amides is 1. The van der Waals surface area contributed by atoms with E-state index in [1.807, 2.05) is 29.7 Å². The van der Waals surface area contributed by atoms with Gasteiger partial charge in [-0.25, -0.2) is 4.79 Å². The van der Waals surface area contributed by atoms with Gasteiger partial charge in [-0.2, -0.15) is 0 Å². The Labute approximate surface area is 154 Å². The number of carbonyl (C=O) groups excluding carboxylic acids is 1. The van der Waals surface area contributed by atoms with E-state index in [0.717, 1.165) is 29.4 Å². The molecule has 0 atom stereocenters. The Kier molecular flexibility index (Phi) is 6.37. The summed E-state index contributed by atoms with van der Waals surface area (Å²) in [7, 11) is 0. The number of urea groups is 1. The van der Waals surface area contributed by atoms with E-state index in [1.54, 1.807) is 0 Å². The molecule has 0 aliphatic carbocycles. The van der Waals surface area contributed by atoms with Crippen molar-refractivity contribution in [2.45, 2.75) is 59.7 Å². The highest BCUT2D eigenvalue weighted by atomic mass is 16.3. The highest BCUT2D eigenvalue weighted by Crippen LogP contribution is 2.39. The highest BCUT2D eigenvalue weighted by Gasteiger charge is 2.18. The predicted octanol–water partition coefficient (Wildman–Crippen LogP) is 4.33. The van der Waals surface area contributed by atoms with Crippen molar-refractivity contribution in [3.8, 4) is 5.88 Å². The molecule has 2 rings (SSSR count). The van der Waals surface area contributed by atoms with E-state index in [-0.39, 0.29) is 11.6 Å². The minimum atomic E-state index is -0.887. The van der Waals surface area contributed by atoms with Gasteiger partial charge in [0.05, 0.1) is 5.52 Å². The summed E-state index contributed by atoms with van der Waals surface area (Å²) in [6, 6.07) is 5.91. The van der Waals surface area contributed by atoms with Crippen molar-refractivity contribution in [2.75, 3.05) is 6.54 Å². The lowest BCUT2D eigenvalue weighted by atomic mass is 10.1. The lowest BCUT2D eigenvalue weighted by molar-refractivity contribution is 0.170. The lowest BCUT2D eigenvalue weighted by Gasteiger charge is -2.30. The molecule has 0 bridgehead atoms. The van der Waals surface area contributed by atoms with E-state index in [1.165, 1.54) is 0 Å². The van der Waals surface area contributed by atoms with Crippen LogP contribution in [0.15, 0.2) is 28.4 Å². The molecule has 7 nitrogen and oxygen atoms in total. The average molecular weight is 359 g/mol. The van der Waals surface area contributed by atoms with Crippen LogP contribution >= 0.6 is 0 Å². The zero-order chi connectivity index (χ0) is 19.4. The Morgan fingerprint density at radius 3 is 2.50 bits per heavy atom. The Morgan fingerprint density at radius 2 is 1.92 bits per heavy atom. The average Bonchev–Trinajstić information content (AvgIpc) is 2.79. The fourth-order valence-electron chi connectivity index (χ4n) is 3.39. The molecule has 3 N–H and O–H groups in total. The molecule has 7 heteroatoms. The maximum Gasteiger partial charge on any atom is 0.356 e. The van der Waals surface area contributed by atoms with Gasteiger partial charge in [-0.3, -0.25) is 4.90 Å². The summed E-state index contributed by atoms with van der Waals surface area (Å²) >= 11 is 0. The molecule has 2 aromatic rings. The second-order valence-electron chi connectivity index (χ2n) is 7.16. The molecular weight excluding hydrogens is 330 g/mol. The van der Waals surface area contributed by atoms with Gasteiger partial charge >= 0.3 is 6.03 Å². The fraction of sp³-hybridized carbons (Fsp3) is 0.526. The van der Waals surface area contributed by atoms with Gasteiger partial charge in [-0.15, -0.1) is 5.11 Å². The molecule has 0 fully saturated rings. The molecular formula is C19H29N5O2. The summed E-state index contributed by atoms with van der Waals surface area (Å²) in [5, 5.41) is 18.7. The van der Waals surface area contributed by atoms with Crippen molar-refractivity contribution in [3.63, 3.8) is 0 Å². The number of aryl methyl sites for hydroxylation is 2. The van der Waals surface area contributed by atoms with Crippen LogP contribution in [0.1, 0.15) is 39.7 Å². The zero-order valence-corrected chi connectivity index (χ0v) is 16.2. The molecule has 1 aromatic heterocycles. The van der Waals surface area contributed by atoms with E-state index in [9.17, 15) is 9.90 Å². The van der Waals surface area contributed by atoms with Crippen molar-refractivity contribution in [1.29, 1.82) is 0 Å². The Hall–Kier alpha value is -2.41. The van der Waals surface area contributed by atoms with Crippen LogP contribution in [-0.4, -0.2) is 39.2 Å². The normalized spacial score (nSPS) is 12.3. The van der Waals surface area contributed by atoms with Gasteiger partial charge in [0, 0.05) is 30.6 Å². The summed E-state index contributed by atoms with van der Waals surface area (Å²) in [6.45, 7) is 12.3. The molecule has 0 aliphatic rings. The number of carbonyl (C=O) groups is 1. The first kappa shape index (κ1) is 19.9. The number of azo groups is 1. The molecule has 1 aromatic carbocycles. The van der Waals surface area contributed by atoms with Gasteiger partial charge in [0.25, 0.3) is 0 Å². The monoisotopic (exact) mass is 359 g/mol. The maximum absolute atomic E-state index is 10.9. The maximum atomic E-state index is 10.9. The van der Waals surface area contributed by atoms with Crippen LogP contribution in [0, 0.1) is 6.92 Å². The SMILES string of the molecule is Cc1ccc2c(c1)c(N=NC(N)=O)c(O)n2CCCN(C(C)C)C(C)C. The summed E-state index contributed by atoms with van der Waals surface area (Å²) in [5.74, 6) is 0.0104. The molecule has 0 aliphatic heterocycles. The number of rotatable bonds is 7. The summed E-state index contributed by atoms with van der Waals surface area (Å²) < 4.78 is 1.82. The number of fused-ring (bicyclic) bond motifs is 1. The minimum absolute atomic E-state index is 0.0104. The second kappa shape index (κ2) is 8.31. The Bertz CT molecular complexity index is 800. The van der Waals surface area contributed by atoms with Crippen LogP contribution < -0.4 is 5.73 Å². The number of benzene rings is 1. The van der Waals surface area contributed by atoms with Crippen molar-refractivity contribution in [2.24, 2.45) is 16.0 Å². The second-order valence-corrected chi connectivity index (χ2v) is 7.16. The quantitative estimate of drug-likeness (QED) is 0.720. The fourth-order valence-corrected chi connectivity index (χ4v) is 3.39. The molecule has 0 radical (unpaired) electrons. The first-order chi connectivity index (χ1) is 12.2. The van der Waals surface area contributed by atoms with Crippen molar-refractivity contribution in [1.82, 2.24) is 9.47 Å². The van der Waals surface area contributed by atoms with Crippen LogP contribution in [-0.2, 0) is 6.54 Å². The van der Waals surface area contributed by atoms with Crippen LogP contribution in [0.25, 0.3) is 10.9 Å². The van der Waals surface area contributed by atoms with Crippen LogP contribution in [0.4, 0.5) is 10.5 Å². The third-order valence-electron chi connectivity index (χ3n) is 4.54. The number of aromatic hydroxyl groups is 1. The standard InChI is InChI=1S/C19H29N5O2/c1-12(2)23(13(3)4)9-6-10-24-16-8-7-14(5)11-15(16)17(18(24)25)21-22-19(20)26/h7-8,11-13,25H,6,9-10H2,1-5H3,(H2,20,26). The molecule has 0 saturated carbocycles. The van der Waals surface area contributed by atoms with Gasteiger partial charge in [-0.1, -0.05) is 16.7 Å². The van der Waals surface area contributed by atoms with Crippen molar-refractivity contribution >= 4 is 22.6 Å². The van der Waals surface area contributed by atoms with Gasteiger partial charge in [0.2, 0.25) is 5.88 Å². The smallest absolute Gasteiger partial charge is 0.356 e. The molecule has 142 valence electrons. The lowest BCUT2D eigenvalue weighted by Crippen LogP contribution is -2.38. The zero-order valence-electron chi connectivity index (χ0n) is 16.2. The molecule has 0 saturated heterocycles. The van der Waals surface area contributed by atoms with E-state index >= 15 is 0 Å². The van der Waals surface area contributed by atoms with E-state index in [4.69, 9.17) is 5.73 Å². The largest absolute Gasteiger partial charge is 0.493 e. The molecule has 26 heavy (non-hydrogen) atoms. The van der Waals surface area contributed by atoms with E-state index in [0.29, 0.717) is 18.6 Å². The van der Waals surface area contributed by atoms with Gasteiger partial charge in [0.15, 0.2) is 5.69 Å². The first-order valence-corrected chi connectivity index (χ1v) is 9.01. The highest BCUT2D eigenvalue weighted by molar-refractivity contribution is 5.95.